The molecule has 3 nitrogen and oxygen atoms in total. The minimum Gasteiger partial charge on any atom is -0.395 e. The van der Waals surface area contributed by atoms with Crippen LogP contribution in [-0.2, 0) is 0 Å². The van der Waals surface area contributed by atoms with Gasteiger partial charge >= 0.3 is 0 Å². The number of aryl methyl sites for hydroxylation is 1. The van der Waals surface area contributed by atoms with E-state index in [2.05, 4.69) is 5.10 Å². The fraction of sp³-hybridized carbons (Fsp3) is 0.100. The third-order valence-corrected chi connectivity index (χ3v) is 2.49. The Balaban J connectivity index is 2.59. The molecule has 0 radical (unpaired) electrons. The Labute approximate surface area is 91.3 Å². The number of nitrogens with zero attached hydrogens (tertiary/aromatic N) is 2. The van der Waals surface area contributed by atoms with Gasteiger partial charge in [0, 0.05) is 6.20 Å². The molecule has 0 spiro atoms. The maximum absolute atomic E-state index is 13.2. The van der Waals surface area contributed by atoms with Crippen molar-refractivity contribution >= 4 is 17.3 Å². The van der Waals surface area contributed by atoms with Crippen LogP contribution >= 0.6 is 11.6 Å². The van der Waals surface area contributed by atoms with Crippen LogP contribution in [0, 0.1) is 12.7 Å². The SMILES string of the molecule is Cc1nn(-c2cccc(F)c2N)cc1Cl. The van der Waals surface area contributed by atoms with E-state index >= 15 is 0 Å². The van der Waals surface area contributed by atoms with E-state index in [9.17, 15) is 4.39 Å². The largest absolute Gasteiger partial charge is 0.395 e. The summed E-state index contributed by atoms with van der Waals surface area (Å²) < 4.78 is 14.6. The minimum atomic E-state index is -0.461. The van der Waals surface area contributed by atoms with Crippen LogP contribution in [0.15, 0.2) is 24.4 Å². The number of nitrogen functional groups attached to an aromatic ring is 1. The van der Waals surface area contributed by atoms with Crippen LogP contribution in [0.4, 0.5) is 10.1 Å². The zero-order valence-electron chi connectivity index (χ0n) is 8.04. The normalized spacial score (nSPS) is 10.6. The summed E-state index contributed by atoms with van der Waals surface area (Å²) in [4.78, 5) is 0. The van der Waals surface area contributed by atoms with E-state index in [0.717, 1.165) is 0 Å². The van der Waals surface area contributed by atoms with Crippen LogP contribution in [0.3, 0.4) is 0 Å². The van der Waals surface area contributed by atoms with Gasteiger partial charge in [-0.25, -0.2) is 9.07 Å². The molecule has 0 unspecified atom stereocenters. The van der Waals surface area contributed by atoms with Gasteiger partial charge in [-0.1, -0.05) is 17.7 Å². The molecular weight excluding hydrogens is 217 g/mol. The molecule has 15 heavy (non-hydrogen) atoms. The maximum atomic E-state index is 13.2. The summed E-state index contributed by atoms with van der Waals surface area (Å²) in [5.74, 6) is -0.461. The van der Waals surface area contributed by atoms with Gasteiger partial charge in [0.25, 0.3) is 0 Å². The second-order valence-electron chi connectivity index (χ2n) is 3.18. The summed E-state index contributed by atoms with van der Waals surface area (Å²) in [5.41, 5.74) is 6.83. The van der Waals surface area contributed by atoms with Crippen molar-refractivity contribution in [2.45, 2.75) is 6.92 Å². The van der Waals surface area contributed by atoms with Crippen molar-refractivity contribution in [3.8, 4) is 5.69 Å². The number of hydrogen-bond donors (Lipinski definition) is 1. The Bertz CT molecular complexity index is 488. The van der Waals surface area contributed by atoms with E-state index in [4.69, 9.17) is 17.3 Å². The number of rotatable bonds is 1. The van der Waals surface area contributed by atoms with E-state index in [0.29, 0.717) is 16.4 Å². The molecule has 0 amide bonds. The fourth-order valence-corrected chi connectivity index (χ4v) is 1.42. The van der Waals surface area contributed by atoms with Gasteiger partial charge in [0.05, 0.1) is 22.1 Å². The Kier molecular flexibility index (Phi) is 2.36. The standard InChI is InChI=1S/C10H9ClFN3/c1-6-7(11)5-15(14-6)9-4-2-3-8(12)10(9)13/h2-5H,13H2,1H3. The van der Waals surface area contributed by atoms with Crippen LogP contribution in [0.25, 0.3) is 5.69 Å². The van der Waals surface area contributed by atoms with Crippen LogP contribution in [0.5, 0.6) is 0 Å². The van der Waals surface area contributed by atoms with Crippen molar-refractivity contribution in [2.75, 3.05) is 5.73 Å². The zero-order valence-corrected chi connectivity index (χ0v) is 8.79. The minimum absolute atomic E-state index is 0.0664. The third-order valence-electron chi connectivity index (χ3n) is 2.12. The number of anilines is 1. The number of para-hydroxylation sites is 1. The molecule has 1 aromatic carbocycles. The predicted molar refractivity (Wildman–Crippen MR) is 57.7 cm³/mol. The lowest BCUT2D eigenvalue weighted by molar-refractivity contribution is 0.630. The molecule has 0 aliphatic heterocycles. The quantitative estimate of drug-likeness (QED) is 0.758. The van der Waals surface area contributed by atoms with Crippen molar-refractivity contribution < 1.29 is 4.39 Å². The van der Waals surface area contributed by atoms with Crippen LogP contribution < -0.4 is 5.73 Å². The van der Waals surface area contributed by atoms with E-state index in [1.807, 2.05) is 0 Å². The molecule has 0 fully saturated rings. The van der Waals surface area contributed by atoms with Gasteiger partial charge in [-0.3, -0.25) is 0 Å². The summed E-state index contributed by atoms with van der Waals surface area (Å²) in [5, 5.41) is 4.65. The molecule has 0 bridgehead atoms. The first-order valence-corrected chi connectivity index (χ1v) is 4.73. The fourth-order valence-electron chi connectivity index (χ4n) is 1.29. The number of hydrogen-bond acceptors (Lipinski definition) is 2. The first-order chi connectivity index (χ1) is 7.09. The van der Waals surface area contributed by atoms with Crippen molar-refractivity contribution in [3.63, 3.8) is 0 Å². The molecule has 2 aromatic rings. The number of aromatic nitrogens is 2. The molecule has 2 rings (SSSR count). The highest BCUT2D eigenvalue weighted by Crippen LogP contribution is 2.22. The Morgan fingerprint density at radius 3 is 2.80 bits per heavy atom. The van der Waals surface area contributed by atoms with E-state index in [-0.39, 0.29) is 5.69 Å². The summed E-state index contributed by atoms with van der Waals surface area (Å²) in [6.45, 7) is 1.77. The molecule has 0 aliphatic carbocycles. The topological polar surface area (TPSA) is 43.8 Å². The van der Waals surface area contributed by atoms with Crippen LogP contribution in [-0.4, -0.2) is 9.78 Å². The highest BCUT2D eigenvalue weighted by atomic mass is 35.5. The molecule has 2 N–H and O–H groups in total. The molecule has 0 atom stereocenters. The Hall–Kier alpha value is -1.55. The van der Waals surface area contributed by atoms with E-state index in [1.54, 1.807) is 25.3 Å². The molecule has 0 saturated heterocycles. The Morgan fingerprint density at radius 2 is 2.20 bits per heavy atom. The lowest BCUT2D eigenvalue weighted by atomic mass is 10.2. The van der Waals surface area contributed by atoms with Gasteiger partial charge in [-0.05, 0) is 19.1 Å². The van der Waals surface area contributed by atoms with Gasteiger partial charge in [-0.15, -0.1) is 0 Å². The van der Waals surface area contributed by atoms with Crippen LogP contribution in [0.1, 0.15) is 5.69 Å². The summed E-state index contributed by atoms with van der Waals surface area (Å²) >= 11 is 5.85. The number of halogens is 2. The highest BCUT2D eigenvalue weighted by molar-refractivity contribution is 6.31. The third kappa shape index (κ3) is 1.68. The van der Waals surface area contributed by atoms with Crippen molar-refractivity contribution in [2.24, 2.45) is 0 Å². The van der Waals surface area contributed by atoms with Crippen molar-refractivity contribution in [3.05, 3.63) is 40.9 Å². The molecule has 0 aliphatic rings. The van der Waals surface area contributed by atoms with Gasteiger partial charge in [0.15, 0.2) is 0 Å². The zero-order chi connectivity index (χ0) is 11.0. The maximum Gasteiger partial charge on any atom is 0.148 e. The van der Waals surface area contributed by atoms with Gasteiger partial charge in [0.2, 0.25) is 0 Å². The second-order valence-corrected chi connectivity index (χ2v) is 3.59. The van der Waals surface area contributed by atoms with Gasteiger partial charge in [0.1, 0.15) is 5.82 Å². The summed E-state index contributed by atoms with van der Waals surface area (Å²) in [6.07, 6.45) is 1.60. The van der Waals surface area contributed by atoms with E-state index in [1.165, 1.54) is 10.7 Å². The first-order valence-electron chi connectivity index (χ1n) is 4.35. The summed E-state index contributed by atoms with van der Waals surface area (Å²) in [7, 11) is 0. The molecule has 1 heterocycles. The second kappa shape index (κ2) is 3.55. The van der Waals surface area contributed by atoms with E-state index < -0.39 is 5.82 Å². The highest BCUT2D eigenvalue weighted by Gasteiger charge is 2.09. The molecule has 5 heteroatoms. The van der Waals surface area contributed by atoms with Gasteiger partial charge in [-0.2, -0.15) is 5.10 Å². The van der Waals surface area contributed by atoms with Crippen LogP contribution in [0.2, 0.25) is 5.02 Å². The summed E-state index contributed by atoms with van der Waals surface area (Å²) in [6, 6.07) is 4.56. The molecule has 0 saturated carbocycles. The molecule has 1 aromatic heterocycles. The van der Waals surface area contributed by atoms with Gasteiger partial charge < -0.3 is 5.73 Å². The average Bonchev–Trinajstić information content (AvgIpc) is 2.51. The Morgan fingerprint density at radius 1 is 1.47 bits per heavy atom. The lowest BCUT2D eigenvalue weighted by Crippen LogP contribution is -2.02. The number of benzene rings is 1. The van der Waals surface area contributed by atoms with Crippen molar-refractivity contribution in [1.82, 2.24) is 9.78 Å². The molecule has 78 valence electrons. The number of nitrogens with two attached hydrogens (primary N) is 1. The first kappa shape index (κ1) is 9.98. The monoisotopic (exact) mass is 225 g/mol. The van der Waals surface area contributed by atoms with Crippen molar-refractivity contribution in [1.29, 1.82) is 0 Å². The lowest BCUT2D eigenvalue weighted by Gasteiger charge is -2.05. The average molecular weight is 226 g/mol. The smallest absolute Gasteiger partial charge is 0.148 e. The predicted octanol–water partition coefficient (Wildman–Crippen LogP) is 2.56. The molecular formula is C10H9ClFN3.